The molecule has 3 rings (SSSR count). The predicted molar refractivity (Wildman–Crippen MR) is 66.9 cm³/mol. The van der Waals surface area contributed by atoms with Crippen LogP contribution in [-0.4, -0.2) is 21.2 Å². The number of nitrogens with zero attached hydrogens (tertiary/aromatic N) is 2. The summed E-state index contributed by atoms with van der Waals surface area (Å²) < 4.78 is 2.14. The number of nitrogens with two attached hydrogens (primary N) is 1. The smallest absolute Gasteiger partial charge is 0.251 e. The predicted octanol–water partition coefficient (Wildman–Crippen LogP) is 1.75. The molecule has 1 aliphatic heterocycles. The number of carbonyl (C=O) groups excluding carboxylic acids is 1. The van der Waals surface area contributed by atoms with E-state index in [-0.39, 0.29) is 5.91 Å². The van der Waals surface area contributed by atoms with Gasteiger partial charge in [0.25, 0.3) is 5.91 Å². The molecule has 0 saturated carbocycles. The Balaban J connectivity index is 2.19. The van der Waals surface area contributed by atoms with E-state index in [1.54, 1.807) is 24.2 Å². The molecule has 2 aromatic rings. The number of carbonyl (C=O) groups is 1. The van der Waals surface area contributed by atoms with E-state index in [4.69, 9.17) is 5.73 Å². The normalized spacial score (nSPS) is 13.6. The van der Waals surface area contributed by atoms with Crippen LogP contribution in [0.3, 0.4) is 0 Å². The maximum Gasteiger partial charge on any atom is 0.251 e. The van der Waals surface area contributed by atoms with Crippen LogP contribution >= 0.6 is 11.8 Å². The van der Waals surface area contributed by atoms with Gasteiger partial charge in [-0.25, -0.2) is 0 Å². The molecule has 1 amide bonds. The summed E-state index contributed by atoms with van der Waals surface area (Å²) in [6.07, 6.45) is 3.54. The number of thioether (sulfide) groups is 1. The summed E-state index contributed by atoms with van der Waals surface area (Å²) in [7, 11) is 0. The zero-order valence-electron chi connectivity index (χ0n) is 9.09. The largest absolute Gasteiger partial charge is 0.366 e. The maximum atomic E-state index is 11.4. The van der Waals surface area contributed by atoms with Crippen molar-refractivity contribution in [2.45, 2.75) is 11.6 Å². The average molecular weight is 245 g/mol. The van der Waals surface area contributed by atoms with Gasteiger partial charge in [0.15, 0.2) is 0 Å². The lowest BCUT2D eigenvalue weighted by molar-refractivity contribution is 0.0997. The Morgan fingerprint density at radius 3 is 3.12 bits per heavy atom. The standard InChI is InChI=1S/C12H11N3OS/c13-11(16)9-6-10(8-2-1-3-14-7-8)15-4-5-17-12(9)15/h1-3,6-7H,4-5H2,(H2,13,16). The molecule has 0 saturated heterocycles. The van der Waals surface area contributed by atoms with E-state index >= 15 is 0 Å². The van der Waals surface area contributed by atoms with Gasteiger partial charge in [0.05, 0.1) is 16.3 Å². The Bertz CT molecular complexity index is 577. The number of pyridine rings is 1. The first-order chi connectivity index (χ1) is 8.27. The molecule has 17 heavy (non-hydrogen) atoms. The van der Waals surface area contributed by atoms with Gasteiger partial charge in [-0.05, 0) is 18.2 Å². The fourth-order valence-electron chi connectivity index (χ4n) is 2.07. The number of fused-ring (bicyclic) bond motifs is 1. The van der Waals surface area contributed by atoms with Crippen molar-refractivity contribution >= 4 is 17.7 Å². The zero-order chi connectivity index (χ0) is 11.8. The lowest BCUT2D eigenvalue weighted by Crippen LogP contribution is -2.10. The van der Waals surface area contributed by atoms with Crippen LogP contribution in [0.15, 0.2) is 35.6 Å². The summed E-state index contributed by atoms with van der Waals surface area (Å²) >= 11 is 1.68. The first-order valence-corrected chi connectivity index (χ1v) is 6.32. The number of primary amides is 1. The second kappa shape index (κ2) is 3.92. The van der Waals surface area contributed by atoms with Crippen molar-refractivity contribution in [3.05, 3.63) is 36.2 Å². The molecule has 2 N–H and O–H groups in total. The van der Waals surface area contributed by atoms with Crippen LogP contribution in [0.25, 0.3) is 11.3 Å². The van der Waals surface area contributed by atoms with E-state index in [0.29, 0.717) is 5.56 Å². The van der Waals surface area contributed by atoms with Crippen LogP contribution in [-0.2, 0) is 6.54 Å². The highest BCUT2D eigenvalue weighted by Gasteiger charge is 2.23. The van der Waals surface area contributed by atoms with Gasteiger partial charge < -0.3 is 10.3 Å². The second-order valence-electron chi connectivity index (χ2n) is 3.85. The van der Waals surface area contributed by atoms with E-state index in [2.05, 4.69) is 9.55 Å². The molecular formula is C12H11N3OS. The van der Waals surface area contributed by atoms with Crippen LogP contribution in [0.4, 0.5) is 0 Å². The fraction of sp³-hybridized carbons (Fsp3) is 0.167. The van der Waals surface area contributed by atoms with Crippen molar-refractivity contribution in [2.24, 2.45) is 5.73 Å². The third kappa shape index (κ3) is 1.63. The van der Waals surface area contributed by atoms with Gasteiger partial charge in [-0.1, -0.05) is 0 Å². The van der Waals surface area contributed by atoms with Gasteiger partial charge in [0, 0.05) is 30.3 Å². The monoisotopic (exact) mass is 245 g/mol. The van der Waals surface area contributed by atoms with E-state index in [1.807, 2.05) is 18.2 Å². The van der Waals surface area contributed by atoms with Gasteiger partial charge in [0.2, 0.25) is 0 Å². The molecule has 0 aliphatic carbocycles. The van der Waals surface area contributed by atoms with Crippen molar-refractivity contribution in [2.75, 3.05) is 5.75 Å². The minimum Gasteiger partial charge on any atom is -0.366 e. The SMILES string of the molecule is NC(=O)c1cc(-c2cccnc2)n2c1SCC2. The quantitative estimate of drug-likeness (QED) is 0.877. The first kappa shape index (κ1) is 10.4. The van der Waals surface area contributed by atoms with Gasteiger partial charge in [-0.3, -0.25) is 9.78 Å². The molecular weight excluding hydrogens is 234 g/mol. The van der Waals surface area contributed by atoms with E-state index in [9.17, 15) is 4.79 Å². The average Bonchev–Trinajstić information content (AvgIpc) is 2.90. The molecule has 4 nitrogen and oxygen atoms in total. The summed E-state index contributed by atoms with van der Waals surface area (Å²) in [5, 5.41) is 0.983. The molecule has 5 heteroatoms. The number of hydrogen-bond donors (Lipinski definition) is 1. The summed E-state index contributed by atoms with van der Waals surface area (Å²) in [4.78, 5) is 15.5. The molecule has 0 aromatic carbocycles. The molecule has 1 aliphatic rings. The minimum atomic E-state index is -0.363. The van der Waals surface area contributed by atoms with Crippen molar-refractivity contribution in [3.63, 3.8) is 0 Å². The van der Waals surface area contributed by atoms with Crippen LogP contribution in [0.2, 0.25) is 0 Å². The topological polar surface area (TPSA) is 60.9 Å². The lowest BCUT2D eigenvalue weighted by atomic mass is 10.2. The summed E-state index contributed by atoms with van der Waals surface area (Å²) in [5.41, 5.74) is 8.05. The Morgan fingerprint density at radius 2 is 2.41 bits per heavy atom. The second-order valence-corrected chi connectivity index (χ2v) is 4.94. The highest BCUT2D eigenvalue weighted by atomic mass is 32.2. The van der Waals surface area contributed by atoms with Crippen molar-refractivity contribution in [1.29, 1.82) is 0 Å². The Labute approximate surface area is 103 Å². The van der Waals surface area contributed by atoms with Gasteiger partial charge >= 0.3 is 0 Å². The first-order valence-electron chi connectivity index (χ1n) is 5.34. The van der Waals surface area contributed by atoms with Crippen molar-refractivity contribution in [1.82, 2.24) is 9.55 Å². The molecule has 0 bridgehead atoms. The van der Waals surface area contributed by atoms with Gasteiger partial charge in [-0.15, -0.1) is 11.8 Å². The highest BCUT2D eigenvalue weighted by molar-refractivity contribution is 7.99. The van der Waals surface area contributed by atoms with Crippen LogP contribution in [0.1, 0.15) is 10.4 Å². The molecule has 3 heterocycles. The Morgan fingerprint density at radius 1 is 1.53 bits per heavy atom. The van der Waals surface area contributed by atoms with E-state index in [0.717, 1.165) is 28.6 Å². The molecule has 0 atom stereocenters. The highest BCUT2D eigenvalue weighted by Crippen LogP contribution is 2.36. The fourth-order valence-corrected chi connectivity index (χ4v) is 3.20. The number of aromatic nitrogens is 2. The van der Waals surface area contributed by atoms with E-state index < -0.39 is 0 Å². The Kier molecular flexibility index (Phi) is 2.40. The lowest BCUT2D eigenvalue weighted by Gasteiger charge is -2.04. The molecule has 0 spiro atoms. The third-order valence-electron chi connectivity index (χ3n) is 2.82. The Hall–Kier alpha value is -1.75. The van der Waals surface area contributed by atoms with Crippen LogP contribution in [0.5, 0.6) is 0 Å². The molecule has 0 fully saturated rings. The van der Waals surface area contributed by atoms with Crippen molar-refractivity contribution in [3.8, 4) is 11.3 Å². The molecule has 0 radical (unpaired) electrons. The van der Waals surface area contributed by atoms with E-state index in [1.165, 1.54) is 0 Å². The van der Waals surface area contributed by atoms with Gasteiger partial charge in [0.1, 0.15) is 0 Å². The molecule has 0 unspecified atom stereocenters. The summed E-state index contributed by atoms with van der Waals surface area (Å²) in [6.45, 7) is 0.914. The molecule has 86 valence electrons. The number of rotatable bonds is 2. The van der Waals surface area contributed by atoms with Crippen LogP contribution in [0, 0.1) is 0 Å². The van der Waals surface area contributed by atoms with Crippen molar-refractivity contribution < 1.29 is 4.79 Å². The van der Waals surface area contributed by atoms with Crippen LogP contribution < -0.4 is 5.73 Å². The third-order valence-corrected chi connectivity index (χ3v) is 3.92. The maximum absolute atomic E-state index is 11.4. The minimum absolute atomic E-state index is 0.363. The molecule has 2 aromatic heterocycles. The zero-order valence-corrected chi connectivity index (χ0v) is 9.91. The number of hydrogen-bond acceptors (Lipinski definition) is 3. The van der Waals surface area contributed by atoms with Gasteiger partial charge in [-0.2, -0.15) is 0 Å². The summed E-state index contributed by atoms with van der Waals surface area (Å²) in [6, 6.07) is 5.74. The number of amides is 1. The summed E-state index contributed by atoms with van der Waals surface area (Å²) in [5.74, 6) is 0.627.